The molecule has 0 aliphatic carbocycles. The Labute approximate surface area is 104 Å². The van der Waals surface area contributed by atoms with E-state index in [1.54, 1.807) is 25.4 Å². The van der Waals surface area contributed by atoms with Crippen LogP contribution in [0.4, 0.5) is 0 Å². The summed E-state index contributed by atoms with van der Waals surface area (Å²) < 4.78 is 5.36. The van der Waals surface area contributed by atoms with Gasteiger partial charge in [0.25, 0.3) is 0 Å². The Hall–Kier alpha value is -2.14. The second-order valence-corrected chi connectivity index (χ2v) is 3.95. The Morgan fingerprint density at radius 1 is 1.39 bits per heavy atom. The molecule has 2 rings (SSSR count). The lowest BCUT2D eigenvalue weighted by Gasteiger charge is -2.01. The highest BCUT2D eigenvalue weighted by Gasteiger charge is 2.13. The monoisotopic (exact) mass is 246 g/mol. The second-order valence-electron chi connectivity index (χ2n) is 3.95. The first-order valence-electron chi connectivity index (χ1n) is 5.59. The Bertz CT molecular complexity index is 534. The molecular weight excluding hydrogens is 232 g/mol. The molecule has 5 heteroatoms. The first kappa shape index (κ1) is 12.3. The number of aromatic nitrogens is 1. The standard InChI is InChI=1S/C13H14N2O3/c1-9-12(13(16)17)6-11(18-9)8-15-7-10-2-4-14-5-3-10/h2-6,15H,7-8H2,1H3,(H,16,17). The van der Waals surface area contributed by atoms with Gasteiger partial charge in [0.05, 0.1) is 6.54 Å². The number of aromatic carboxylic acids is 1. The summed E-state index contributed by atoms with van der Waals surface area (Å²) in [5, 5.41) is 12.1. The van der Waals surface area contributed by atoms with Gasteiger partial charge in [-0.3, -0.25) is 4.98 Å². The molecule has 2 N–H and O–H groups in total. The molecule has 2 heterocycles. The van der Waals surface area contributed by atoms with Gasteiger partial charge in [-0.25, -0.2) is 4.79 Å². The molecule has 0 bridgehead atoms. The van der Waals surface area contributed by atoms with E-state index in [9.17, 15) is 4.79 Å². The highest BCUT2D eigenvalue weighted by molar-refractivity contribution is 5.88. The molecule has 0 aromatic carbocycles. The lowest BCUT2D eigenvalue weighted by Crippen LogP contribution is -2.12. The lowest BCUT2D eigenvalue weighted by molar-refractivity contribution is 0.0695. The van der Waals surface area contributed by atoms with Crippen LogP contribution in [0.1, 0.15) is 27.4 Å². The van der Waals surface area contributed by atoms with Gasteiger partial charge in [0, 0.05) is 18.9 Å². The van der Waals surface area contributed by atoms with Crippen molar-refractivity contribution in [3.05, 3.63) is 53.2 Å². The number of furan rings is 1. The molecule has 0 spiro atoms. The van der Waals surface area contributed by atoms with Gasteiger partial charge in [0.1, 0.15) is 17.1 Å². The molecular formula is C13H14N2O3. The van der Waals surface area contributed by atoms with E-state index in [-0.39, 0.29) is 5.56 Å². The summed E-state index contributed by atoms with van der Waals surface area (Å²) in [6.07, 6.45) is 3.47. The number of nitrogens with one attached hydrogen (secondary N) is 1. The van der Waals surface area contributed by atoms with Crippen LogP contribution in [0.15, 0.2) is 35.0 Å². The number of hydrogen-bond donors (Lipinski definition) is 2. The van der Waals surface area contributed by atoms with Crippen LogP contribution >= 0.6 is 0 Å². The summed E-state index contributed by atoms with van der Waals surface area (Å²) in [6, 6.07) is 5.39. The zero-order valence-electron chi connectivity index (χ0n) is 10.0. The molecule has 0 atom stereocenters. The molecule has 5 nitrogen and oxygen atoms in total. The van der Waals surface area contributed by atoms with Crippen molar-refractivity contribution in [2.75, 3.05) is 0 Å². The number of nitrogens with zero attached hydrogens (tertiary/aromatic N) is 1. The first-order valence-corrected chi connectivity index (χ1v) is 5.59. The van der Waals surface area contributed by atoms with E-state index in [0.29, 0.717) is 24.6 Å². The van der Waals surface area contributed by atoms with Crippen molar-refractivity contribution in [2.24, 2.45) is 0 Å². The average molecular weight is 246 g/mol. The number of carboxylic acid groups (broad SMARTS) is 1. The molecule has 0 radical (unpaired) electrons. The topological polar surface area (TPSA) is 75.4 Å². The molecule has 0 unspecified atom stereocenters. The number of carbonyl (C=O) groups is 1. The van der Waals surface area contributed by atoms with E-state index < -0.39 is 5.97 Å². The maximum atomic E-state index is 10.8. The first-order chi connectivity index (χ1) is 8.66. The van der Waals surface area contributed by atoms with E-state index in [1.807, 2.05) is 12.1 Å². The lowest BCUT2D eigenvalue weighted by atomic mass is 10.2. The van der Waals surface area contributed by atoms with Gasteiger partial charge >= 0.3 is 5.97 Å². The minimum Gasteiger partial charge on any atom is -0.478 e. The SMILES string of the molecule is Cc1oc(CNCc2ccncc2)cc1C(=O)O. The fourth-order valence-electron chi connectivity index (χ4n) is 1.67. The zero-order chi connectivity index (χ0) is 13.0. The van der Waals surface area contributed by atoms with Crippen LogP contribution in [-0.4, -0.2) is 16.1 Å². The van der Waals surface area contributed by atoms with Gasteiger partial charge in [-0.2, -0.15) is 0 Å². The number of pyridine rings is 1. The molecule has 0 amide bonds. The number of carboxylic acids is 1. The highest BCUT2D eigenvalue weighted by atomic mass is 16.4. The molecule has 0 fully saturated rings. The van der Waals surface area contributed by atoms with Crippen molar-refractivity contribution in [3.63, 3.8) is 0 Å². The van der Waals surface area contributed by atoms with Crippen molar-refractivity contribution in [1.82, 2.24) is 10.3 Å². The Morgan fingerprint density at radius 3 is 2.72 bits per heavy atom. The predicted octanol–water partition coefficient (Wildman–Crippen LogP) is 1.97. The summed E-state index contributed by atoms with van der Waals surface area (Å²) in [4.78, 5) is 14.8. The third kappa shape index (κ3) is 2.95. The Kier molecular flexibility index (Phi) is 3.74. The maximum Gasteiger partial charge on any atom is 0.339 e. The average Bonchev–Trinajstić information content (AvgIpc) is 2.72. The Balaban J connectivity index is 1.91. The van der Waals surface area contributed by atoms with Crippen LogP contribution in [0, 0.1) is 6.92 Å². The molecule has 0 aliphatic rings. The normalized spacial score (nSPS) is 10.5. The molecule has 0 saturated heterocycles. The van der Waals surface area contributed by atoms with Crippen LogP contribution in [0.2, 0.25) is 0 Å². The fraction of sp³-hybridized carbons (Fsp3) is 0.231. The van der Waals surface area contributed by atoms with Gasteiger partial charge in [0.2, 0.25) is 0 Å². The van der Waals surface area contributed by atoms with Crippen molar-refractivity contribution >= 4 is 5.97 Å². The summed E-state index contributed by atoms with van der Waals surface area (Å²) in [5.41, 5.74) is 1.34. The summed E-state index contributed by atoms with van der Waals surface area (Å²) >= 11 is 0. The highest BCUT2D eigenvalue weighted by Crippen LogP contribution is 2.14. The van der Waals surface area contributed by atoms with Crippen molar-refractivity contribution < 1.29 is 14.3 Å². The maximum absolute atomic E-state index is 10.8. The van der Waals surface area contributed by atoms with Crippen LogP contribution < -0.4 is 5.32 Å². The van der Waals surface area contributed by atoms with Crippen LogP contribution in [-0.2, 0) is 13.1 Å². The smallest absolute Gasteiger partial charge is 0.339 e. The predicted molar refractivity (Wildman–Crippen MR) is 65.2 cm³/mol. The van der Waals surface area contributed by atoms with Gasteiger partial charge in [0.15, 0.2) is 0 Å². The number of aryl methyl sites for hydroxylation is 1. The molecule has 18 heavy (non-hydrogen) atoms. The van der Waals surface area contributed by atoms with Crippen LogP contribution in [0.25, 0.3) is 0 Å². The minimum atomic E-state index is -0.961. The van der Waals surface area contributed by atoms with E-state index in [1.165, 1.54) is 0 Å². The molecule has 2 aromatic heterocycles. The quantitative estimate of drug-likeness (QED) is 0.843. The molecule has 0 saturated carbocycles. The van der Waals surface area contributed by atoms with E-state index in [4.69, 9.17) is 9.52 Å². The van der Waals surface area contributed by atoms with E-state index in [0.717, 1.165) is 5.56 Å². The molecule has 0 aliphatic heterocycles. The third-order valence-corrected chi connectivity index (χ3v) is 2.58. The Morgan fingerprint density at radius 2 is 2.11 bits per heavy atom. The third-order valence-electron chi connectivity index (χ3n) is 2.58. The van der Waals surface area contributed by atoms with Crippen molar-refractivity contribution in [1.29, 1.82) is 0 Å². The van der Waals surface area contributed by atoms with Crippen LogP contribution in [0.3, 0.4) is 0 Å². The minimum absolute atomic E-state index is 0.218. The number of rotatable bonds is 5. The van der Waals surface area contributed by atoms with E-state index in [2.05, 4.69) is 10.3 Å². The van der Waals surface area contributed by atoms with E-state index >= 15 is 0 Å². The summed E-state index contributed by atoms with van der Waals surface area (Å²) in [7, 11) is 0. The zero-order valence-corrected chi connectivity index (χ0v) is 10.0. The number of hydrogen-bond acceptors (Lipinski definition) is 4. The van der Waals surface area contributed by atoms with Crippen LogP contribution in [0.5, 0.6) is 0 Å². The molecule has 94 valence electrons. The largest absolute Gasteiger partial charge is 0.478 e. The van der Waals surface area contributed by atoms with Gasteiger partial charge in [-0.1, -0.05) is 0 Å². The van der Waals surface area contributed by atoms with Gasteiger partial charge in [-0.05, 0) is 30.7 Å². The summed E-state index contributed by atoms with van der Waals surface area (Å²) in [5.74, 6) is 0.0961. The molecule has 2 aromatic rings. The van der Waals surface area contributed by atoms with Crippen molar-refractivity contribution in [2.45, 2.75) is 20.0 Å². The fourth-order valence-corrected chi connectivity index (χ4v) is 1.67. The summed E-state index contributed by atoms with van der Waals surface area (Å²) in [6.45, 7) is 2.83. The van der Waals surface area contributed by atoms with Gasteiger partial charge < -0.3 is 14.8 Å². The second kappa shape index (κ2) is 5.46. The van der Waals surface area contributed by atoms with Gasteiger partial charge in [-0.15, -0.1) is 0 Å². The van der Waals surface area contributed by atoms with Crippen molar-refractivity contribution in [3.8, 4) is 0 Å².